The number of ether oxygens (including phenoxy) is 1. The van der Waals surface area contributed by atoms with Crippen molar-refractivity contribution in [3.63, 3.8) is 0 Å². The van der Waals surface area contributed by atoms with E-state index in [-0.39, 0.29) is 13.2 Å². The minimum Gasteiger partial charge on any atom is -0.394 e. The summed E-state index contributed by atoms with van der Waals surface area (Å²) in [5, 5.41) is 9.10. The molecule has 0 aromatic heterocycles. The van der Waals surface area contributed by atoms with Crippen LogP contribution in [0.25, 0.3) is 0 Å². The monoisotopic (exact) mass is 424 g/mol. The summed E-state index contributed by atoms with van der Waals surface area (Å²) in [4.78, 5) is 17.3. The fourth-order valence-electron chi connectivity index (χ4n) is 3.23. The number of phosphoric ester groups is 1. The summed E-state index contributed by atoms with van der Waals surface area (Å²) in [5.41, 5.74) is 0. The summed E-state index contributed by atoms with van der Waals surface area (Å²) >= 11 is 0. The van der Waals surface area contributed by atoms with Gasteiger partial charge in [-0.05, 0) is 6.42 Å². The molecule has 1 atom stereocenters. The van der Waals surface area contributed by atoms with Crippen molar-refractivity contribution >= 4 is 7.82 Å². The molecule has 0 aromatic carbocycles. The van der Waals surface area contributed by atoms with Gasteiger partial charge < -0.3 is 19.6 Å². The molecule has 0 saturated heterocycles. The van der Waals surface area contributed by atoms with E-state index < -0.39 is 13.9 Å². The topological polar surface area (TPSA) is 96.2 Å². The van der Waals surface area contributed by atoms with Crippen molar-refractivity contribution < 1.29 is 28.7 Å². The van der Waals surface area contributed by atoms with Crippen molar-refractivity contribution in [1.29, 1.82) is 0 Å². The van der Waals surface area contributed by atoms with Crippen LogP contribution in [0.1, 0.15) is 110 Å². The highest BCUT2D eigenvalue weighted by Crippen LogP contribution is 2.35. The van der Waals surface area contributed by atoms with Gasteiger partial charge in [0.05, 0.1) is 13.2 Å². The second-order valence-corrected chi connectivity index (χ2v) is 9.00. The molecule has 0 radical (unpaired) electrons. The fourth-order valence-corrected chi connectivity index (χ4v) is 3.59. The molecule has 7 heteroatoms. The highest BCUT2D eigenvalue weighted by molar-refractivity contribution is 7.46. The van der Waals surface area contributed by atoms with Gasteiger partial charge in [-0.15, -0.1) is 0 Å². The average Bonchev–Trinajstić information content (AvgIpc) is 2.65. The van der Waals surface area contributed by atoms with E-state index in [4.69, 9.17) is 19.6 Å². The number of unbranched alkanes of at least 4 members (excludes halogenated alkanes) is 15. The van der Waals surface area contributed by atoms with Crippen LogP contribution in [-0.4, -0.2) is 40.8 Å². The van der Waals surface area contributed by atoms with Crippen LogP contribution in [0.15, 0.2) is 0 Å². The minimum absolute atomic E-state index is 0.292. The Morgan fingerprint density at radius 2 is 1.11 bits per heavy atom. The molecule has 28 heavy (non-hydrogen) atoms. The molecule has 0 aliphatic carbocycles. The normalized spacial score (nSPS) is 13.1. The summed E-state index contributed by atoms with van der Waals surface area (Å²) in [6.45, 7) is 2.15. The lowest BCUT2D eigenvalue weighted by Gasteiger charge is -2.15. The molecule has 0 bridgehead atoms. The third-order valence-electron chi connectivity index (χ3n) is 4.98. The molecule has 170 valence electrons. The van der Waals surface area contributed by atoms with Crippen LogP contribution < -0.4 is 0 Å². The second-order valence-electron chi connectivity index (χ2n) is 7.77. The number of aliphatic hydroxyl groups excluding tert-OH is 1. The first kappa shape index (κ1) is 28.0. The summed E-state index contributed by atoms with van der Waals surface area (Å²) in [5.74, 6) is 0. The molecule has 0 aliphatic rings. The molecule has 6 nitrogen and oxygen atoms in total. The van der Waals surface area contributed by atoms with E-state index in [9.17, 15) is 4.57 Å². The Hall–Kier alpha value is 0.0300. The fraction of sp³-hybridized carbons (Fsp3) is 1.00. The van der Waals surface area contributed by atoms with Crippen LogP contribution in [0.4, 0.5) is 0 Å². The number of hydrogen-bond acceptors (Lipinski definition) is 4. The lowest BCUT2D eigenvalue weighted by molar-refractivity contribution is -0.0205. The van der Waals surface area contributed by atoms with E-state index in [2.05, 4.69) is 11.4 Å². The quantitative estimate of drug-likeness (QED) is 0.152. The summed E-state index contributed by atoms with van der Waals surface area (Å²) in [6, 6.07) is 0. The lowest BCUT2D eigenvalue weighted by atomic mass is 10.0. The Morgan fingerprint density at radius 1 is 0.714 bits per heavy atom. The van der Waals surface area contributed by atoms with Gasteiger partial charge >= 0.3 is 7.82 Å². The zero-order valence-electron chi connectivity index (χ0n) is 18.0. The molecular formula is C21H45O6P. The van der Waals surface area contributed by atoms with Crippen molar-refractivity contribution in [2.75, 3.05) is 19.8 Å². The van der Waals surface area contributed by atoms with Crippen LogP contribution in [0.5, 0.6) is 0 Å². The SMILES string of the molecule is CCCCCCCCCCCCCCCCCCOC(CO)COP(=O)(O)O. The highest BCUT2D eigenvalue weighted by atomic mass is 31.2. The maximum atomic E-state index is 10.6. The van der Waals surface area contributed by atoms with Crippen LogP contribution in [0.2, 0.25) is 0 Å². The first-order valence-corrected chi connectivity index (χ1v) is 12.9. The molecule has 0 rings (SSSR count). The van der Waals surface area contributed by atoms with E-state index in [1.807, 2.05) is 0 Å². The van der Waals surface area contributed by atoms with Gasteiger partial charge in [0.25, 0.3) is 0 Å². The molecule has 0 aromatic rings. The summed E-state index contributed by atoms with van der Waals surface area (Å²) in [6.07, 6.45) is 20.3. The maximum Gasteiger partial charge on any atom is 0.469 e. The van der Waals surface area contributed by atoms with E-state index in [1.54, 1.807) is 0 Å². The van der Waals surface area contributed by atoms with Gasteiger partial charge in [0.1, 0.15) is 6.10 Å². The summed E-state index contributed by atoms with van der Waals surface area (Å²) < 4.78 is 20.4. The molecule has 0 saturated carbocycles. The Bertz CT molecular complexity index is 361. The van der Waals surface area contributed by atoms with Gasteiger partial charge in [-0.25, -0.2) is 4.57 Å². The van der Waals surface area contributed by atoms with Gasteiger partial charge in [0.2, 0.25) is 0 Å². The lowest BCUT2D eigenvalue weighted by Crippen LogP contribution is -2.24. The Labute approximate surface area is 172 Å². The predicted molar refractivity (Wildman–Crippen MR) is 114 cm³/mol. The van der Waals surface area contributed by atoms with E-state index in [0.717, 1.165) is 12.8 Å². The standard InChI is InChI=1S/C21H45O6P/c1-2-3-4-5-6-7-8-9-10-11-12-13-14-15-16-17-18-26-21(19-22)20-27-28(23,24)25/h21-22H,2-20H2,1H3,(H2,23,24,25). The van der Waals surface area contributed by atoms with Crippen molar-refractivity contribution in [1.82, 2.24) is 0 Å². The van der Waals surface area contributed by atoms with E-state index in [0.29, 0.717) is 6.61 Å². The molecule has 0 spiro atoms. The van der Waals surface area contributed by atoms with Crippen molar-refractivity contribution in [2.24, 2.45) is 0 Å². The van der Waals surface area contributed by atoms with Gasteiger partial charge in [-0.1, -0.05) is 103 Å². The van der Waals surface area contributed by atoms with Crippen molar-refractivity contribution in [2.45, 2.75) is 116 Å². The average molecular weight is 425 g/mol. The second kappa shape index (κ2) is 20.3. The van der Waals surface area contributed by atoms with Gasteiger partial charge in [0.15, 0.2) is 0 Å². The zero-order valence-corrected chi connectivity index (χ0v) is 18.9. The predicted octanol–water partition coefficient (Wildman–Crippen LogP) is 5.73. The third kappa shape index (κ3) is 22.3. The van der Waals surface area contributed by atoms with Crippen molar-refractivity contribution in [3.8, 4) is 0 Å². The highest BCUT2D eigenvalue weighted by Gasteiger charge is 2.18. The Morgan fingerprint density at radius 3 is 1.46 bits per heavy atom. The van der Waals surface area contributed by atoms with Crippen LogP contribution in [-0.2, 0) is 13.8 Å². The summed E-state index contributed by atoms with van der Waals surface area (Å²) in [7, 11) is -4.50. The van der Waals surface area contributed by atoms with E-state index in [1.165, 1.54) is 89.9 Å². The third-order valence-corrected chi connectivity index (χ3v) is 5.47. The first-order valence-electron chi connectivity index (χ1n) is 11.4. The van der Waals surface area contributed by atoms with Gasteiger partial charge in [-0.2, -0.15) is 0 Å². The maximum absolute atomic E-state index is 10.6. The Kier molecular flexibility index (Phi) is 20.3. The first-order chi connectivity index (χ1) is 13.5. The largest absolute Gasteiger partial charge is 0.469 e. The molecule has 0 amide bonds. The van der Waals surface area contributed by atoms with Crippen LogP contribution in [0.3, 0.4) is 0 Å². The minimum atomic E-state index is -4.50. The number of phosphoric acid groups is 1. The Balaban J connectivity index is 3.24. The van der Waals surface area contributed by atoms with Gasteiger partial charge in [0, 0.05) is 6.61 Å². The van der Waals surface area contributed by atoms with Gasteiger partial charge in [-0.3, -0.25) is 4.52 Å². The zero-order chi connectivity index (χ0) is 20.9. The molecule has 1 unspecified atom stereocenters. The van der Waals surface area contributed by atoms with Crippen LogP contribution >= 0.6 is 7.82 Å². The molecule has 0 fully saturated rings. The van der Waals surface area contributed by atoms with Crippen molar-refractivity contribution in [3.05, 3.63) is 0 Å². The van der Waals surface area contributed by atoms with E-state index >= 15 is 0 Å². The molecule has 0 aliphatic heterocycles. The number of aliphatic hydroxyl groups is 1. The number of rotatable bonds is 22. The molecule has 3 N–H and O–H groups in total. The van der Waals surface area contributed by atoms with Crippen LogP contribution in [0, 0.1) is 0 Å². The molecule has 0 heterocycles. The number of hydrogen-bond donors (Lipinski definition) is 3. The smallest absolute Gasteiger partial charge is 0.394 e. The molecular weight excluding hydrogens is 379 g/mol.